The van der Waals surface area contributed by atoms with E-state index in [0.29, 0.717) is 12.7 Å². The molecule has 1 aromatic carbocycles. The Balaban J connectivity index is 1.69. The Hall–Kier alpha value is -2.09. The first-order chi connectivity index (χ1) is 14.3. The van der Waals surface area contributed by atoms with Crippen LogP contribution in [0.1, 0.15) is 49.5 Å². The van der Waals surface area contributed by atoms with Crippen LogP contribution in [0.3, 0.4) is 0 Å². The predicted octanol–water partition coefficient (Wildman–Crippen LogP) is 2.89. The van der Waals surface area contributed by atoms with Gasteiger partial charge in [-0.15, -0.1) is 0 Å². The Morgan fingerprint density at radius 2 is 1.87 bits per heavy atom. The van der Waals surface area contributed by atoms with Crippen molar-refractivity contribution in [2.75, 3.05) is 0 Å². The second-order valence-electron chi connectivity index (χ2n) is 10.1. The van der Waals surface area contributed by atoms with E-state index in [1.54, 1.807) is 6.08 Å². The summed E-state index contributed by atoms with van der Waals surface area (Å²) < 4.78 is 5.56. The van der Waals surface area contributed by atoms with E-state index < -0.39 is 34.9 Å². The first-order valence-corrected chi connectivity index (χ1v) is 10.7. The van der Waals surface area contributed by atoms with Crippen LogP contribution in [-0.2, 0) is 9.53 Å². The summed E-state index contributed by atoms with van der Waals surface area (Å²) in [5, 5.41) is 42.4. The molecule has 31 heavy (non-hydrogen) atoms. The van der Waals surface area contributed by atoms with E-state index >= 15 is 0 Å². The molecule has 4 N–H and O–H groups in total. The number of hydrogen-bond donors (Lipinski definition) is 4. The van der Waals surface area contributed by atoms with Crippen molar-refractivity contribution in [1.82, 2.24) is 0 Å². The molecule has 0 spiro atoms. The summed E-state index contributed by atoms with van der Waals surface area (Å²) in [6.07, 6.45) is 1.51. The summed E-state index contributed by atoms with van der Waals surface area (Å²) in [5.74, 6) is -2.14. The van der Waals surface area contributed by atoms with Crippen LogP contribution < -0.4 is 0 Å². The molecule has 0 amide bonds. The lowest BCUT2D eigenvalue weighted by molar-refractivity contribution is -0.257. The van der Waals surface area contributed by atoms with Crippen molar-refractivity contribution in [1.29, 1.82) is 0 Å². The van der Waals surface area contributed by atoms with Crippen molar-refractivity contribution in [2.24, 2.45) is 22.7 Å². The number of aliphatic hydroxyl groups is 2. The summed E-state index contributed by atoms with van der Waals surface area (Å²) in [6.45, 7) is 7.19. The van der Waals surface area contributed by atoms with Crippen molar-refractivity contribution >= 4 is 23.9 Å². The van der Waals surface area contributed by atoms with Crippen LogP contribution in [0, 0.1) is 29.6 Å². The highest BCUT2D eigenvalue weighted by Gasteiger charge is 2.74. The number of esters is 1. The molecule has 3 aliphatic rings. The number of fused-ring (bicyclic) bond motifs is 3. The first-order valence-electron chi connectivity index (χ1n) is 10.3. The van der Waals surface area contributed by atoms with Crippen LogP contribution >= 0.6 is 11.6 Å². The van der Waals surface area contributed by atoms with E-state index in [0.717, 1.165) is 6.07 Å². The molecule has 2 fully saturated rings. The third-order valence-electron chi connectivity index (χ3n) is 7.92. The normalized spacial score (nSPS) is 37.8. The van der Waals surface area contributed by atoms with Crippen molar-refractivity contribution in [2.45, 2.75) is 58.3 Å². The number of ether oxygens (including phenoxy) is 1. The third kappa shape index (κ3) is 2.73. The maximum Gasteiger partial charge on any atom is 0.342 e. The van der Waals surface area contributed by atoms with Gasteiger partial charge in [-0.05, 0) is 36.7 Å². The maximum absolute atomic E-state index is 12.9. The summed E-state index contributed by atoms with van der Waals surface area (Å²) >= 11 is 5.99. The van der Waals surface area contributed by atoms with Gasteiger partial charge in [-0.2, -0.15) is 0 Å². The molecule has 3 aliphatic carbocycles. The average Bonchev–Trinajstić information content (AvgIpc) is 2.91. The van der Waals surface area contributed by atoms with E-state index in [-0.39, 0.29) is 51.1 Å². The van der Waals surface area contributed by atoms with Gasteiger partial charge < -0.3 is 25.2 Å². The number of phenols is 2. The highest BCUT2D eigenvalue weighted by molar-refractivity contribution is 6.33. The molecule has 0 saturated heterocycles. The molecule has 8 heteroatoms. The third-order valence-corrected chi connectivity index (χ3v) is 8.40. The SMILES string of the molecule is Cc1c(Cl)c(O)cc(O)c1C(=O)OC1CC2(C)C3C(C=C(C=O)C12O)CC(C)(C)C3O. The molecule has 6 unspecified atom stereocenters. The Bertz CT molecular complexity index is 1020. The van der Waals surface area contributed by atoms with E-state index in [9.17, 15) is 30.0 Å². The quantitative estimate of drug-likeness (QED) is 0.412. The molecule has 0 aromatic heterocycles. The fourth-order valence-corrected chi connectivity index (χ4v) is 6.36. The van der Waals surface area contributed by atoms with Gasteiger partial charge in [-0.1, -0.05) is 38.4 Å². The lowest BCUT2D eigenvalue weighted by atomic mass is 9.44. The summed E-state index contributed by atoms with van der Waals surface area (Å²) in [4.78, 5) is 24.8. The minimum atomic E-state index is -1.75. The average molecular weight is 451 g/mol. The molecule has 2 saturated carbocycles. The predicted molar refractivity (Wildman–Crippen MR) is 112 cm³/mol. The van der Waals surface area contributed by atoms with Crippen LogP contribution in [0.25, 0.3) is 0 Å². The summed E-state index contributed by atoms with van der Waals surface area (Å²) in [5.41, 5.74) is -2.91. The van der Waals surface area contributed by atoms with Crippen LogP contribution in [0.15, 0.2) is 17.7 Å². The Morgan fingerprint density at radius 3 is 2.48 bits per heavy atom. The van der Waals surface area contributed by atoms with Crippen LogP contribution in [0.5, 0.6) is 11.5 Å². The molecule has 6 atom stereocenters. The fraction of sp³-hybridized carbons (Fsp3) is 0.565. The molecule has 0 heterocycles. The minimum absolute atomic E-state index is 0.0608. The first kappa shape index (κ1) is 22.1. The van der Waals surface area contributed by atoms with Gasteiger partial charge >= 0.3 is 5.97 Å². The number of halogens is 1. The number of carbonyl (C=O) groups is 2. The zero-order valence-electron chi connectivity index (χ0n) is 17.8. The summed E-state index contributed by atoms with van der Waals surface area (Å²) in [7, 11) is 0. The molecule has 0 bridgehead atoms. The number of rotatable bonds is 3. The highest BCUT2D eigenvalue weighted by atomic mass is 35.5. The molecule has 168 valence electrons. The van der Waals surface area contributed by atoms with Crippen LogP contribution in [0.2, 0.25) is 5.02 Å². The van der Waals surface area contributed by atoms with E-state index in [4.69, 9.17) is 16.3 Å². The summed E-state index contributed by atoms with van der Waals surface area (Å²) in [6, 6.07) is 0.949. The molecule has 0 radical (unpaired) electrons. The maximum atomic E-state index is 12.9. The lowest BCUT2D eigenvalue weighted by Crippen LogP contribution is -2.74. The number of aldehydes is 1. The molecule has 1 aromatic rings. The van der Waals surface area contributed by atoms with Gasteiger partial charge in [0.05, 0.1) is 11.1 Å². The number of phenolic OH excluding ortho intramolecular Hbond substituents is 2. The Labute approximate surface area is 185 Å². The van der Waals surface area contributed by atoms with Crippen molar-refractivity contribution in [3.05, 3.63) is 33.9 Å². The lowest BCUT2D eigenvalue weighted by Gasteiger charge is -2.64. The van der Waals surface area contributed by atoms with Crippen molar-refractivity contribution < 1.29 is 34.8 Å². The Morgan fingerprint density at radius 1 is 1.23 bits per heavy atom. The largest absolute Gasteiger partial charge is 0.507 e. The zero-order chi connectivity index (χ0) is 23.1. The number of aliphatic hydroxyl groups excluding tert-OH is 1. The van der Waals surface area contributed by atoms with Gasteiger partial charge in [0, 0.05) is 23.0 Å². The van der Waals surface area contributed by atoms with Crippen LogP contribution in [0.4, 0.5) is 0 Å². The minimum Gasteiger partial charge on any atom is -0.507 e. The molecular formula is C23H27ClO7. The topological polar surface area (TPSA) is 124 Å². The molecule has 0 aliphatic heterocycles. The van der Waals surface area contributed by atoms with Gasteiger partial charge in [0.15, 0.2) is 0 Å². The zero-order valence-corrected chi connectivity index (χ0v) is 18.6. The van der Waals surface area contributed by atoms with Crippen molar-refractivity contribution in [3.63, 3.8) is 0 Å². The van der Waals surface area contributed by atoms with Crippen molar-refractivity contribution in [3.8, 4) is 11.5 Å². The van der Waals surface area contributed by atoms with Gasteiger partial charge in [0.25, 0.3) is 0 Å². The second-order valence-corrected chi connectivity index (χ2v) is 10.5. The van der Waals surface area contributed by atoms with E-state index in [1.807, 2.05) is 20.8 Å². The number of benzene rings is 1. The number of hydrogen-bond acceptors (Lipinski definition) is 7. The molecule has 7 nitrogen and oxygen atoms in total. The van der Waals surface area contributed by atoms with Gasteiger partial charge in [-0.3, -0.25) is 4.79 Å². The monoisotopic (exact) mass is 450 g/mol. The number of aromatic hydroxyl groups is 2. The van der Waals surface area contributed by atoms with E-state index in [1.165, 1.54) is 6.92 Å². The molecular weight excluding hydrogens is 424 g/mol. The van der Waals surface area contributed by atoms with Crippen LogP contribution in [-0.4, -0.2) is 50.5 Å². The smallest absolute Gasteiger partial charge is 0.342 e. The Kier molecular flexibility index (Phi) is 4.78. The van der Waals surface area contributed by atoms with Gasteiger partial charge in [0.1, 0.15) is 35.1 Å². The van der Waals surface area contributed by atoms with Gasteiger partial charge in [-0.25, -0.2) is 4.79 Å². The standard InChI is InChI=1S/C23H27ClO7/c1-10-16(13(26)6-14(27)18(10)24)20(29)31-15-8-22(4)17-11(7-21(2,3)19(17)28)5-12(9-25)23(15,22)30/h5-6,9,11,15,17,19,26-28,30H,7-8H2,1-4H3. The van der Waals surface area contributed by atoms with Gasteiger partial charge in [0.2, 0.25) is 0 Å². The number of carbonyl (C=O) groups excluding carboxylic acids is 2. The molecule has 4 rings (SSSR count). The number of allylic oxidation sites excluding steroid dienone is 1. The fourth-order valence-electron chi connectivity index (χ4n) is 6.21. The highest BCUT2D eigenvalue weighted by Crippen LogP contribution is 2.68. The van der Waals surface area contributed by atoms with E-state index in [2.05, 4.69) is 0 Å². The second kappa shape index (κ2) is 6.70.